The Hall–Kier alpha value is -3.30. The Bertz CT molecular complexity index is 768. The second-order valence-electron chi connectivity index (χ2n) is 4.40. The molecule has 0 saturated carbocycles. The molecular formula is C13H12F2N4O4. The zero-order chi connectivity index (χ0) is 17.7. The highest BCUT2D eigenvalue weighted by atomic mass is 19.2. The van der Waals surface area contributed by atoms with Crippen molar-refractivity contribution in [3.63, 3.8) is 0 Å². The molecule has 8 nitrogen and oxygen atoms in total. The monoisotopic (exact) mass is 326 g/mol. The zero-order valence-corrected chi connectivity index (χ0v) is 11.8. The van der Waals surface area contributed by atoms with Crippen LogP contribution in [0.2, 0.25) is 0 Å². The van der Waals surface area contributed by atoms with Gasteiger partial charge in [0.1, 0.15) is 11.4 Å². The number of halogens is 2. The number of nitrogens with two attached hydrogens (primary N) is 2. The largest absolute Gasteiger partial charge is 0.393 e. The van der Waals surface area contributed by atoms with Gasteiger partial charge in [-0.15, -0.1) is 0 Å². The second kappa shape index (κ2) is 7.11. The minimum Gasteiger partial charge on any atom is -0.393 e. The molecule has 2 aromatic rings. The normalized spacial score (nSPS) is 9.70. The zero-order valence-electron chi connectivity index (χ0n) is 11.8. The molecule has 10 heteroatoms. The summed E-state index contributed by atoms with van der Waals surface area (Å²) in [5.41, 5.74) is 10.4. The molecule has 0 aliphatic heterocycles. The number of nitrogens with zero attached hydrogens (tertiary/aromatic N) is 2. The number of rotatable bonds is 2. The molecule has 0 radical (unpaired) electrons. The predicted octanol–water partition coefficient (Wildman–Crippen LogP) is 2.94. The summed E-state index contributed by atoms with van der Waals surface area (Å²) in [5, 5.41) is 20.4. The number of anilines is 2. The molecule has 2 aromatic carbocycles. The van der Waals surface area contributed by atoms with Crippen LogP contribution in [0.15, 0.2) is 30.3 Å². The van der Waals surface area contributed by atoms with Crippen molar-refractivity contribution in [2.75, 3.05) is 11.5 Å². The summed E-state index contributed by atoms with van der Waals surface area (Å²) >= 11 is 0. The van der Waals surface area contributed by atoms with Crippen LogP contribution in [0.1, 0.15) is 5.56 Å². The van der Waals surface area contributed by atoms with Gasteiger partial charge in [-0.1, -0.05) is 6.07 Å². The highest BCUT2D eigenvalue weighted by Gasteiger charge is 2.15. The van der Waals surface area contributed by atoms with E-state index in [2.05, 4.69) is 0 Å². The first-order chi connectivity index (χ1) is 10.6. The fraction of sp³-hybridized carbons (Fsp3) is 0.0769. The van der Waals surface area contributed by atoms with Gasteiger partial charge in [-0.3, -0.25) is 20.2 Å². The van der Waals surface area contributed by atoms with E-state index in [1.807, 2.05) is 0 Å². The molecular weight excluding hydrogens is 314 g/mol. The Labute approximate surface area is 128 Å². The summed E-state index contributed by atoms with van der Waals surface area (Å²) in [6, 6.07) is 5.75. The number of nitro groups is 2. The molecule has 23 heavy (non-hydrogen) atoms. The average Bonchev–Trinajstić information content (AvgIpc) is 2.45. The third-order valence-electron chi connectivity index (χ3n) is 2.65. The standard InChI is InChI=1S/C7H8N2O2.C6H4F2N2O2/c1-5-2-3-6(8)7(4-5)9(10)11;7-3-1-5(9)6(10(11)12)2-4(3)8/h2-4H,8H2,1H3;1-2H,9H2. The number of aryl methyl sites for hydroxylation is 1. The molecule has 122 valence electrons. The molecule has 0 amide bonds. The molecule has 0 spiro atoms. The molecule has 0 aromatic heterocycles. The Kier molecular flexibility index (Phi) is 5.49. The summed E-state index contributed by atoms with van der Waals surface area (Å²) < 4.78 is 24.7. The lowest BCUT2D eigenvalue weighted by Gasteiger charge is -1.97. The van der Waals surface area contributed by atoms with Crippen LogP contribution in [0, 0.1) is 38.8 Å². The van der Waals surface area contributed by atoms with Crippen molar-refractivity contribution in [1.29, 1.82) is 0 Å². The van der Waals surface area contributed by atoms with E-state index in [0.29, 0.717) is 12.1 Å². The molecule has 0 fully saturated rings. The summed E-state index contributed by atoms with van der Waals surface area (Å²) in [6.45, 7) is 1.78. The molecule has 0 aliphatic carbocycles. The van der Waals surface area contributed by atoms with Crippen LogP contribution < -0.4 is 11.5 Å². The van der Waals surface area contributed by atoms with Gasteiger partial charge in [0.25, 0.3) is 11.4 Å². The predicted molar refractivity (Wildman–Crippen MR) is 79.7 cm³/mol. The van der Waals surface area contributed by atoms with Crippen molar-refractivity contribution in [2.24, 2.45) is 0 Å². The topological polar surface area (TPSA) is 138 Å². The molecule has 2 rings (SSSR count). The van der Waals surface area contributed by atoms with Crippen LogP contribution in [0.5, 0.6) is 0 Å². The summed E-state index contributed by atoms with van der Waals surface area (Å²) in [5.74, 6) is -2.48. The second-order valence-corrected chi connectivity index (χ2v) is 4.40. The van der Waals surface area contributed by atoms with Crippen molar-refractivity contribution >= 4 is 22.7 Å². The van der Waals surface area contributed by atoms with Gasteiger partial charge in [0.2, 0.25) is 0 Å². The smallest absolute Gasteiger partial charge is 0.295 e. The summed E-state index contributed by atoms with van der Waals surface area (Å²) in [6.07, 6.45) is 0. The van der Waals surface area contributed by atoms with Crippen LogP contribution in [0.25, 0.3) is 0 Å². The number of benzene rings is 2. The number of nitro benzene ring substituents is 2. The fourth-order valence-electron chi connectivity index (χ4n) is 1.52. The van der Waals surface area contributed by atoms with Crippen molar-refractivity contribution in [3.8, 4) is 0 Å². The summed E-state index contributed by atoms with van der Waals surface area (Å²) in [4.78, 5) is 19.1. The highest BCUT2D eigenvalue weighted by Crippen LogP contribution is 2.23. The van der Waals surface area contributed by atoms with Gasteiger partial charge in [-0.2, -0.15) is 0 Å². The quantitative estimate of drug-likeness (QED) is 0.494. The number of hydrogen-bond acceptors (Lipinski definition) is 6. The van der Waals surface area contributed by atoms with Crippen LogP contribution in [0.4, 0.5) is 31.5 Å². The molecule has 0 bridgehead atoms. The Balaban J connectivity index is 0.000000231. The van der Waals surface area contributed by atoms with E-state index in [9.17, 15) is 29.0 Å². The Morgan fingerprint density at radius 3 is 1.83 bits per heavy atom. The maximum Gasteiger partial charge on any atom is 0.295 e. The Morgan fingerprint density at radius 1 is 0.870 bits per heavy atom. The van der Waals surface area contributed by atoms with E-state index in [1.165, 1.54) is 12.1 Å². The van der Waals surface area contributed by atoms with Crippen LogP contribution >= 0.6 is 0 Å². The molecule has 0 aliphatic rings. The van der Waals surface area contributed by atoms with Crippen molar-refractivity contribution in [1.82, 2.24) is 0 Å². The molecule has 0 saturated heterocycles. The van der Waals surface area contributed by atoms with E-state index in [1.54, 1.807) is 13.0 Å². The summed E-state index contributed by atoms with van der Waals surface area (Å²) in [7, 11) is 0. The lowest BCUT2D eigenvalue weighted by Crippen LogP contribution is -1.98. The van der Waals surface area contributed by atoms with Crippen LogP contribution in [-0.2, 0) is 0 Å². The fourth-order valence-corrected chi connectivity index (χ4v) is 1.52. The first-order valence-electron chi connectivity index (χ1n) is 6.03. The van der Waals surface area contributed by atoms with Gasteiger partial charge < -0.3 is 11.5 Å². The minimum absolute atomic E-state index is 0.0231. The molecule has 4 N–H and O–H groups in total. The van der Waals surface area contributed by atoms with Gasteiger partial charge in [-0.05, 0) is 18.6 Å². The van der Waals surface area contributed by atoms with E-state index >= 15 is 0 Å². The van der Waals surface area contributed by atoms with Gasteiger partial charge in [0, 0.05) is 12.1 Å². The lowest BCUT2D eigenvalue weighted by molar-refractivity contribution is -0.384. The van der Waals surface area contributed by atoms with Gasteiger partial charge in [0.05, 0.1) is 15.9 Å². The maximum atomic E-state index is 12.4. The number of nitrogen functional groups attached to an aromatic ring is 2. The van der Waals surface area contributed by atoms with Crippen LogP contribution in [-0.4, -0.2) is 9.85 Å². The van der Waals surface area contributed by atoms with Crippen LogP contribution in [0.3, 0.4) is 0 Å². The lowest BCUT2D eigenvalue weighted by atomic mass is 10.2. The molecule has 0 atom stereocenters. The third-order valence-corrected chi connectivity index (χ3v) is 2.65. The minimum atomic E-state index is -1.28. The average molecular weight is 326 g/mol. The van der Waals surface area contributed by atoms with Gasteiger partial charge >= 0.3 is 0 Å². The van der Waals surface area contributed by atoms with Crippen molar-refractivity contribution < 1.29 is 18.6 Å². The first-order valence-corrected chi connectivity index (χ1v) is 6.03. The third kappa shape index (κ3) is 4.59. The van der Waals surface area contributed by atoms with Gasteiger partial charge in [0.15, 0.2) is 11.6 Å². The Morgan fingerprint density at radius 2 is 1.35 bits per heavy atom. The molecule has 0 heterocycles. The van der Waals surface area contributed by atoms with E-state index in [-0.39, 0.29) is 17.1 Å². The van der Waals surface area contributed by atoms with Gasteiger partial charge in [-0.25, -0.2) is 8.78 Å². The molecule has 0 unspecified atom stereocenters. The van der Waals surface area contributed by atoms with E-state index in [0.717, 1.165) is 5.56 Å². The van der Waals surface area contributed by atoms with Crippen molar-refractivity contribution in [2.45, 2.75) is 6.92 Å². The van der Waals surface area contributed by atoms with Crippen molar-refractivity contribution in [3.05, 3.63) is 67.8 Å². The van der Waals surface area contributed by atoms with E-state index in [4.69, 9.17) is 11.5 Å². The number of hydrogen-bond donors (Lipinski definition) is 2. The first kappa shape index (κ1) is 17.8. The highest BCUT2D eigenvalue weighted by molar-refractivity contribution is 5.59. The SMILES string of the molecule is Cc1ccc(N)c([N+](=O)[O-])c1.Nc1cc(F)c(F)cc1[N+](=O)[O-]. The van der Waals surface area contributed by atoms with E-state index < -0.39 is 27.2 Å². The maximum absolute atomic E-state index is 12.4.